The zero-order valence-electron chi connectivity index (χ0n) is 38.8. The highest BCUT2D eigenvalue weighted by Crippen LogP contribution is 2.38. The number of fused-ring (bicyclic) bond motifs is 4. The van der Waals surface area contributed by atoms with E-state index in [1.807, 2.05) is 0 Å². The van der Waals surface area contributed by atoms with Crippen molar-refractivity contribution >= 4 is 11.9 Å². The van der Waals surface area contributed by atoms with Crippen LogP contribution in [0.1, 0.15) is 131 Å². The van der Waals surface area contributed by atoms with E-state index in [-0.39, 0.29) is 12.5 Å². The van der Waals surface area contributed by atoms with E-state index in [2.05, 4.69) is 6.92 Å². The molecule has 378 valence electrons. The zero-order chi connectivity index (χ0) is 47.5. The molecule has 0 unspecified atom stereocenters. The van der Waals surface area contributed by atoms with E-state index < -0.39 is 147 Å². The number of unbranched alkanes of at least 4 members (excludes halogenated alkanes) is 2. The Morgan fingerprint density at radius 2 is 1.22 bits per heavy atom. The van der Waals surface area contributed by atoms with Crippen LogP contribution in [0, 0.1) is 5.92 Å². The van der Waals surface area contributed by atoms with Crippen molar-refractivity contribution in [2.45, 2.75) is 260 Å². The van der Waals surface area contributed by atoms with Crippen molar-refractivity contribution < 1.29 is 97.8 Å². The van der Waals surface area contributed by atoms with E-state index in [1.54, 1.807) is 20.8 Å². The van der Waals surface area contributed by atoms with Crippen LogP contribution in [-0.2, 0) is 57.0 Å². The van der Waals surface area contributed by atoms with Gasteiger partial charge in [-0.15, -0.1) is 0 Å². The van der Waals surface area contributed by atoms with Gasteiger partial charge in [-0.3, -0.25) is 9.59 Å². The van der Waals surface area contributed by atoms with Crippen LogP contribution in [0.25, 0.3) is 0 Å². The molecular weight excluding hydrogens is 860 g/mol. The quantitative estimate of drug-likeness (QED) is 0.112. The van der Waals surface area contributed by atoms with Gasteiger partial charge < -0.3 is 88.2 Å². The summed E-state index contributed by atoms with van der Waals surface area (Å²) >= 11 is 0. The van der Waals surface area contributed by atoms with Gasteiger partial charge >= 0.3 is 11.9 Å². The summed E-state index contributed by atoms with van der Waals surface area (Å²) in [6, 6.07) is 0. The first-order chi connectivity index (χ1) is 31.0. The lowest BCUT2D eigenvalue weighted by Crippen LogP contribution is -2.68. The number of carbonyl (C=O) groups is 2. The van der Waals surface area contributed by atoms with Gasteiger partial charge in [0.25, 0.3) is 0 Å². The van der Waals surface area contributed by atoms with Crippen LogP contribution >= 0.6 is 0 Å². The monoisotopic (exact) mass is 939 g/mol. The third kappa shape index (κ3) is 14.0. The first kappa shape index (κ1) is 54.2. The minimum atomic E-state index is -1.90. The fourth-order valence-corrected chi connectivity index (χ4v) is 8.93. The summed E-state index contributed by atoms with van der Waals surface area (Å²) in [5.41, 5.74) is 0. The Kier molecular flexibility index (Phi) is 21.5. The molecule has 5 aliphatic rings. The lowest BCUT2D eigenvalue weighted by molar-refractivity contribution is -0.399. The molecule has 5 heterocycles. The van der Waals surface area contributed by atoms with Gasteiger partial charge in [-0.1, -0.05) is 78.6 Å². The van der Waals surface area contributed by atoms with Crippen molar-refractivity contribution in [3.05, 3.63) is 0 Å². The number of carbonyl (C=O) groups excluding carboxylic acids is 2. The summed E-state index contributed by atoms with van der Waals surface area (Å²) in [6.07, 6.45) is -20.4. The maximum Gasteiger partial charge on any atom is 0.309 e. The largest absolute Gasteiger partial charge is 0.455 e. The van der Waals surface area contributed by atoms with Crippen molar-refractivity contribution in [1.82, 2.24) is 0 Å². The zero-order valence-corrected chi connectivity index (χ0v) is 38.8. The number of rotatable bonds is 10. The minimum absolute atomic E-state index is 0.0193. The average Bonchev–Trinajstić information content (AvgIpc) is 3.28. The molecule has 5 rings (SSSR count). The number of hydrogen-bond acceptors (Lipinski definition) is 20. The predicted octanol–water partition coefficient (Wildman–Crippen LogP) is 0.980. The van der Waals surface area contributed by atoms with Gasteiger partial charge in [-0.2, -0.15) is 0 Å². The minimum Gasteiger partial charge on any atom is -0.455 e. The van der Waals surface area contributed by atoms with E-state index in [1.165, 1.54) is 13.8 Å². The molecule has 0 saturated carbocycles. The second-order valence-corrected chi connectivity index (χ2v) is 18.5. The van der Waals surface area contributed by atoms with Gasteiger partial charge in [0.15, 0.2) is 37.4 Å². The van der Waals surface area contributed by atoms with Gasteiger partial charge in [0.2, 0.25) is 0 Å². The van der Waals surface area contributed by atoms with Gasteiger partial charge in [0.05, 0.1) is 36.9 Å². The van der Waals surface area contributed by atoms with Crippen molar-refractivity contribution in [3.8, 4) is 0 Å². The topological polar surface area (TPSA) is 288 Å². The number of aliphatic hydroxyl groups excluding tert-OH is 8. The van der Waals surface area contributed by atoms with Crippen LogP contribution in [0.3, 0.4) is 0 Å². The Bertz CT molecular complexity index is 1430. The maximum atomic E-state index is 13.8. The smallest absolute Gasteiger partial charge is 0.309 e. The van der Waals surface area contributed by atoms with Crippen LogP contribution < -0.4 is 0 Å². The Hall–Kier alpha value is -1.70. The highest BCUT2D eigenvalue weighted by Gasteiger charge is 2.57. The van der Waals surface area contributed by atoms with Gasteiger partial charge in [0, 0.05) is 6.42 Å². The van der Waals surface area contributed by atoms with Gasteiger partial charge in [0.1, 0.15) is 67.1 Å². The number of ether oxygens (including phenoxy) is 10. The first-order valence-electron chi connectivity index (χ1n) is 24.0. The molecule has 0 aliphatic carbocycles. The molecule has 22 atom stereocenters. The van der Waals surface area contributed by atoms with E-state index in [9.17, 15) is 50.4 Å². The Morgan fingerprint density at radius 3 is 1.88 bits per heavy atom. The molecule has 2 bridgehead atoms. The fourth-order valence-electron chi connectivity index (χ4n) is 8.93. The van der Waals surface area contributed by atoms with E-state index >= 15 is 0 Å². The highest BCUT2D eigenvalue weighted by molar-refractivity contribution is 5.72. The molecule has 20 nitrogen and oxygen atoms in total. The average molecular weight is 939 g/mol. The summed E-state index contributed by atoms with van der Waals surface area (Å²) in [4.78, 5) is 27.5. The molecule has 20 heteroatoms. The maximum absolute atomic E-state index is 13.8. The summed E-state index contributed by atoms with van der Waals surface area (Å²) in [5.74, 6) is -2.12. The Morgan fingerprint density at radius 1 is 0.631 bits per heavy atom. The summed E-state index contributed by atoms with van der Waals surface area (Å²) in [5, 5.41) is 87.8. The van der Waals surface area contributed by atoms with Gasteiger partial charge in [-0.05, 0) is 46.5 Å². The first-order valence-corrected chi connectivity index (χ1v) is 24.0. The number of esters is 2. The van der Waals surface area contributed by atoms with E-state index in [4.69, 9.17) is 47.4 Å². The molecule has 0 radical (unpaired) electrons. The Labute approximate surface area is 382 Å². The van der Waals surface area contributed by atoms with Crippen molar-refractivity contribution in [1.29, 1.82) is 0 Å². The third-order valence-electron chi connectivity index (χ3n) is 13.4. The molecule has 5 saturated heterocycles. The summed E-state index contributed by atoms with van der Waals surface area (Å²) < 4.78 is 62.1. The molecule has 0 aromatic rings. The van der Waals surface area contributed by atoms with Crippen LogP contribution in [0.4, 0.5) is 0 Å². The standard InChI is InChI=1S/C45H78O20/c1-7-9-15-18-26-19-16-13-11-10-12-14-17-20-28(47)61-39-36(63-42-35(54)32(51)29(48)23(4)56-42)25(6)58-45(40(39)62-41(55)22(3)8-2)65-38-34(53)31(50)27(21-46)60-44(38)64-37-33(52)30(49)24(5)57-43(37)59-26/h22-27,29-40,42-46,48-54H,7-21H2,1-6H3/t22-,23-,24+,25-,26-,27+,29+,30-,31+,32+,33+,34+,35-,36-,37+,38-,39-,40-,42-,43-,44-,45-/m0/s1. The second-order valence-electron chi connectivity index (χ2n) is 18.5. The third-order valence-corrected chi connectivity index (χ3v) is 13.4. The lowest BCUT2D eigenvalue weighted by atomic mass is 9.95. The molecule has 0 spiro atoms. The molecule has 65 heavy (non-hydrogen) atoms. The molecular formula is C45H78O20. The molecule has 0 amide bonds. The number of hydrogen-bond donors (Lipinski definition) is 8. The normalized spacial score (nSPS) is 44.8. The number of aliphatic hydroxyl groups is 8. The van der Waals surface area contributed by atoms with Crippen molar-refractivity contribution in [2.75, 3.05) is 6.61 Å². The van der Waals surface area contributed by atoms with Gasteiger partial charge in [-0.25, -0.2) is 0 Å². The SMILES string of the molecule is CCCCC[C@H]1CCCCCCCCCC(=O)O[C@@H]2[C@H](OC(=O)[C@@H](C)CC)[C@H](O[C@@H]3[C@H](O[C@H]4[C@H](O1)O[C@H](C)[C@H](O)[C@H]4O)O[C@H](CO)[C@@H](O)[C@H]3O)O[C@@H](C)[C@@H]2O[C@@H]1O[C@@H](C)[C@@H](O)[C@@H](O)[C@@H]1O. The van der Waals surface area contributed by atoms with Crippen LogP contribution in [-0.4, -0.2) is 188 Å². The lowest BCUT2D eigenvalue weighted by Gasteiger charge is -2.50. The van der Waals surface area contributed by atoms with Crippen molar-refractivity contribution in [2.24, 2.45) is 5.92 Å². The fraction of sp³-hybridized carbons (Fsp3) is 0.956. The van der Waals surface area contributed by atoms with E-state index in [0.717, 1.165) is 57.8 Å². The molecule has 0 aromatic carbocycles. The molecule has 8 N–H and O–H groups in total. The molecule has 0 aromatic heterocycles. The van der Waals surface area contributed by atoms with Crippen LogP contribution in [0.2, 0.25) is 0 Å². The van der Waals surface area contributed by atoms with Crippen molar-refractivity contribution in [3.63, 3.8) is 0 Å². The molecule has 5 aliphatic heterocycles. The predicted molar refractivity (Wildman–Crippen MR) is 225 cm³/mol. The summed E-state index contributed by atoms with van der Waals surface area (Å²) in [6.45, 7) is 9.26. The van der Waals surface area contributed by atoms with E-state index in [0.29, 0.717) is 25.7 Å². The van der Waals surface area contributed by atoms with Crippen LogP contribution in [0.5, 0.6) is 0 Å². The van der Waals surface area contributed by atoms with Crippen LogP contribution in [0.15, 0.2) is 0 Å². The summed E-state index contributed by atoms with van der Waals surface area (Å²) in [7, 11) is 0. The molecule has 5 fully saturated rings. The second kappa shape index (κ2) is 25.8. The Balaban J connectivity index is 1.56. The highest BCUT2D eigenvalue weighted by atomic mass is 16.8.